The maximum absolute atomic E-state index is 13.5. The van der Waals surface area contributed by atoms with E-state index < -0.39 is 63.6 Å². The quantitative estimate of drug-likeness (QED) is 0.467. The molecule has 3 rings (SSSR count). The molecule has 0 aromatic heterocycles. The summed E-state index contributed by atoms with van der Waals surface area (Å²) in [7, 11) is 0. The fourth-order valence-electron chi connectivity index (χ4n) is 6.60. The van der Waals surface area contributed by atoms with Gasteiger partial charge in [0.25, 0.3) is 0 Å². The number of ketones is 1. The molecule has 1 heterocycles. The Bertz CT molecular complexity index is 747. The van der Waals surface area contributed by atoms with Gasteiger partial charge in [-0.3, -0.25) is 9.59 Å². The summed E-state index contributed by atoms with van der Waals surface area (Å²) in [6, 6.07) is 0. The Kier molecular flexibility index (Phi) is 4.91. The number of esters is 1. The highest BCUT2D eigenvalue weighted by molar-refractivity contribution is 5.92. The Morgan fingerprint density at radius 2 is 1.83 bits per heavy atom. The van der Waals surface area contributed by atoms with Crippen molar-refractivity contribution < 1.29 is 34.4 Å². The minimum absolute atomic E-state index is 0.136. The van der Waals surface area contributed by atoms with E-state index in [-0.39, 0.29) is 6.42 Å². The SMILES string of the molecule is C=C[C@@]1(C)CC(=O)[C@]2(O)[C@@]3(C)C(O)CCC(C)(C)C3C(OC(C)=O)C(O)[C@@]2(C)O1. The second-order valence-electron chi connectivity index (χ2n) is 10.4. The highest BCUT2D eigenvalue weighted by Crippen LogP contribution is 2.67. The summed E-state index contributed by atoms with van der Waals surface area (Å²) in [6.45, 7) is 13.6. The lowest BCUT2D eigenvalue weighted by Crippen LogP contribution is -2.86. The predicted octanol–water partition coefficient (Wildman–Crippen LogP) is 1.52. The molecule has 7 nitrogen and oxygen atoms in total. The molecule has 0 bridgehead atoms. The molecule has 2 saturated carbocycles. The summed E-state index contributed by atoms with van der Waals surface area (Å²) in [5.74, 6) is -1.77. The van der Waals surface area contributed by atoms with Crippen molar-refractivity contribution in [1.29, 1.82) is 0 Å². The van der Waals surface area contributed by atoms with Gasteiger partial charge in [0.15, 0.2) is 11.4 Å². The van der Waals surface area contributed by atoms with Crippen LogP contribution in [-0.4, -0.2) is 62.2 Å². The third-order valence-corrected chi connectivity index (χ3v) is 8.04. The van der Waals surface area contributed by atoms with Crippen molar-refractivity contribution in [3.8, 4) is 0 Å². The van der Waals surface area contributed by atoms with Crippen molar-refractivity contribution in [2.45, 2.75) is 95.9 Å². The molecule has 3 N–H and O–H groups in total. The van der Waals surface area contributed by atoms with Crippen molar-refractivity contribution in [2.75, 3.05) is 0 Å². The van der Waals surface area contributed by atoms with Crippen LogP contribution in [0.5, 0.6) is 0 Å². The molecule has 2 aliphatic carbocycles. The molecule has 0 radical (unpaired) electrons. The standard InChI is InChI=1S/C22H34O7/c1-8-19(5)11-14(25)22(27)20(6)13(24)9-10-18(3,4)16(20)15(28-12(2)23)17(26)21(22,7)29-19/h8,13,15-17,24,26-27H,1,9-11H2,2-7H3/t13?,15?,16?,17?,19-,20-,21+,22-/m0/s1. The van der Waals surface area contributed by atoms with E-state index in [2.05, 4.69) is 6.58 Å². The molecule has 1 saturated heterocycles. The summed E-state index contributed by atoms with van der Waals surface area (Å²) in [4.78, 5) is 25.5. The molecule has 164 valence electrons. The molecule has 7 heteroatoms. The van der Waals surface area contributed by atoms with Gasteiger partial charge < -0.3 is 24.8 Å². The molecule has 8 atom stereocenters. The number of fused-ring (bicyclic) bond motifs is 3. The molecule has 0 spiro atoms. The molecular weight excluding hydrogens is 376 g/mol. The fourth-order valence-corrected chi connectivity index (χ4v) is 6.60. The lowest BCUT2D eigenvalue weighted by molar-refractivity contribution is -0.370. The van der Waals surface area contributed by atoms with Gasteiger partial charge in [-0.2, -0.15) is 0 Å². The van der Waals surface area contributed by atoms with Crippen molar-refractivity contribution in [2.24, 2.45) is 16.7 Å². The summed E-state index contributed by atoms with van der Waals surface area (Å²) in [6.07, 6.45) is -1.30. The first-order valence-corrected chi connectivity index (χ1v) is 10.2. The zero-order valence-electron chi connectivity index (χ0n) is 18.2. The van der Waals surface area contributed by atoms with Gasteiger partial charge in [0.05, 0.1) is 11.7 Å². The number of carbonyl (C=O) groups is 2. The minimum Gasteiger partial charge on any atom is -0.459 e. The first kappa shape index (κ1) is 22.4. The normalized spacial score (nSPS) is 51.6. The van der Waals surface area contributed by atoms with Crippen LogP contribution >= 0.6 is 0 Å². The van der Waals surface area contributed by atoms with E-state index in [9.17, 15) is 24.9 Å². The van der Waals surface area contributed by atoms with Crippen molar-refractivity contribution in [3.63, 3.8) is 0 Å². The van der Waals surface area contributed by atoms with E-state index in [1.165, 1.54) is 19.9 Å². The van der Waals surface area contributed by atoms with Crippen LogP contribution in [0, 0.1) is 16.7 Å². The van der Waals surface area contributed by atoms with Gasteiger partial charge in [0, 0.05) is 24.7 Å². The van der Waals surface area contributed by atoms with E-state index in [4.69, 9.17) is 9.47 Å². The molecule has 0 aromatic carbocycles. The highest BCUT2D eigenvalue weighted by atomic mass is 16.6. The van der Waals surface area contributed by atoms with Gasteiger partial charge in [0.1, 0.15) is 17.8 Å². The van der Waals surface area contributed by atoms with E-state index >= 15 is 0 Å². The number of ether oxygens (including phenoxy) is 2. The smallest absolute Gasteiger partial charge is 0.303 e. The molecule has 1 aliphatic heterocycles. The topological polar surface area (TPSA) is 113 Å². The maximum Gasteiger partial charge on any atom is 0.303 e. The van der Waals surface area contributed by atoms with E-state index in [0.717, 1.165) is 0 Å². The van der Waals surface area contributed by atoms with Crippen LogP contribution in [0.2, 0.25) is 0 Å². The van der Waals surface area contributed by atoms with Crippen LogP contribution in [0.1, 0.15) is 60.8 Å². The van der Waals surface area contributed by atoms with Gasteiger partial charge in [-0.25, -0.2) is 0 Å². The Labute approximate surface area is 172 Å². The molecule has 4 unspecified atom stereocenters. The van der Waals surface area contributed by atoms with Crippen LogP contribution in [0.4, 0.5) is 0 Å². The number of hydrogen-bond acceptors (Lipinski definition) is 7. The zero-order valence-corrected chi connectivity index (χ0v) is 18.2. The maximum atomic E-state index is 13.5. The Morgan fingerprint density at radius 3 is 2.34 bits per heavy atom. The second-order valence-corrected chi connectivity index (χ2v) is 10.4. The second kappa shape index (κ2) is 6.36. The summed E-state index contributed by atoms with van der Waals surface area (Å²) in [5, 5.41) is 34.6. The largest absolute Gasteiger partial charge is 0.459 e. The van der Waals surface area contributed by atoms with Gasteiger partial charge in [-0.05, 0) is 32.1 Å². The third-order valence-electron chi connectivity index (χ3n) is 8.04. The predicted molar refractivity (Wildman–Crippen MR) is 105 cm³/mol. The van der Waals surface area contributed by atoms with Gasteiger partial charge in [-0.1, -0.05) is 26.8 Å². The molecular formula is C22H34O7. The number of carbonyl (C=O) groups excluding carboxylic acids is 2. The monoisotopic (exact) mass is 410 g/mol. The van der Waals surface area contributed by atoms with Crippen LogP contribution < -0.4 is 0 Å². The lowest BCUT2D eigenvalue weighted by atomic mass is 9.40. The number of Topliss-reactive ketones (excluding diaryl/α,β-unsaturated/α-hetero) is 1. The van der Waals surface area contributed by atoms with E-state index in [0.29, 0.717) is 12.8 Å². The minimum atomic E-state index is -2.18. The van der Waals surface area contributed by atoms with Crippen LogP contribution in [-0.2, 0) is 19.1 Å². The first-order valence-electron chi connectivity index (χ1n) is 10.2. The molecule has 3 fully saturated rings. The number of rotatable bonds is 2. The highest BCUT2D eigenvalue weighted by Gasteiger charge is 2.81. The van der Waals surface area contributed by atoms with Crippen LogP contribution in [0.25, 0.3) is 0 Å². The molecule has 29 heavy (non-hydrogen) atoms. The average molecular weight is 411 g/mol. The van der Waals surface area contributed by atoms with Crippen molar-refractivity contribution in [3.05, 3.63) is 12.7 Å². The van der Waals surface area contributed by atoms with Crippen molar-refractivity contribution >= 4 is 11.8 Å². The number of aliphatic hydroxyl groups is 3. The van der Waals surface area contributed by atoms with E-state index in [1.54, 1.807) is 13.8 Å². The lowest BCUT2D eigenvalue weighted by Gasteiger charge is -2.71. The fraction of sp³-hybridized carbons (Fsp3) is 0.818. The van der Waals surface area contributed by atoms with Crippen LogP contribution in [0.15, 0.2) is 12.7 Å². The Hall–Kier alpha value is -1.28. The van der Waals surface area contributed by atoms with Crippen molar-refractivity contribution in [1.82, 2.24) is 0 Å². The van der Waals surface area contributed by atoms with Gasteiger partial charge in [0.2, 0.25) is 0 Å². The van der Waals surface area contributed by atoms with E-state index in [1.807, 2.05) is 13.8 Å². The summed E-state index contributed by atoms with van der Waals surface area (Å²) in [5.41, 5.74) is -7.03. The molecule has 0 aromatic rings. The summed E-state index contributed by atoms with van der Waals surface area (Å²) < 4.78 is 11.8. The Morgan fingerprint density at radius 1 is 1.24 bits per heavy atom. The first-order chi connectivity index (χ1) is 13.1. The molecule has 3 aliphatic rings. The Balaban J connectivity index is 2.32. The molecule has 0 amide bonds. The summed E-state index contributed by atoms with van der Waals surface area (Å²) >= 11 is 0. The average Bonchev–Trinajstić information content (AvgIpc) is 2.60. The van der Waals surface area contributed by atoms with Gasteiger partial charge >= 0.3 is 5.97 Å². The van der Waals surface area contributed by atoms with Gasteiger partial charge in [-0.15, -0.1) is 6.58 Å². The zero-order chi connectivity index (χ0) is 22.2. The number of aliphatic hydroxyl groups excluding tert-OH is 2. The van der Waals surface area contributed by atoms with Crippen LogP contribution in [0.3, 0.4) is 0 Å². The number of hydrogen-bond donors (Lipinski definition) is 3. The third kappa shape index (κ3) is 2.63.